The van der Waals surface area contributed by atoms with Crippen molar-refractivity contribution in [1.82, 2.24) is 9.78 Å². The SMILES string of the molecule is O=C(CCn1nc(-c2cccs2)oc1=O)OC1CCCCC1=O. The molecule has 2 heterocycles. The van der Waals surface area contributed by atoms with Gasteiger partial charge in [0, 0.05) is 6.42 Å². The Kier molecular flexibility index (Phi) is 4.71. The van der Waals surface area contributed by atoms with Crippen molar-refractivity contribution in [2.75, 3.05) is 0 Å². The molecular formula is C15H16N2O5S. The Hall–Kier alpha value is -2.22. The topological polar surface area (TPSA) is 91.4 Å². The fraction of sp³-hybridized carbons (Fsp3) is 0.467. The smallest absolute Gasteiger partial charge is 0.437 e. The summed E-state index contributed by atoms with van der Waals surface area (Å²) >= 11 is 1.41. The number of ether oxygens (including phenoxy) is 1. The molecule has 1 aliphatic carbocycles. The largest absolute Gasteiger partial charge is 0.454 e. The van der Waals surface area contributed by atoms with Crippen LogP contribution in [0.1, 0.15) is 32.1 Å². The third kappa shape index (κ3) is 3.76. The number of nitrogens with zero attached hydrogens (tertiary/aromatic N) is 2. The summed E-state index contributed by atoms with van der Waals surface area (Å²) in [5.74, 6) is -0.906. The lowest BCUT2D eigenvalue weighted by atomic mass is 9.96. The van der Waals surface area contributed by atoms with E-state index in [1.54, 1.807) is 6.07 Å². The molecule has 0 bridgehead atoms. The van der Waals surface area contributed by atoms with Gasteiger partial charge in [-0.25, -0.2) is 4.79 Å². The molecule has 0 amide bonds. The van der Waals surface area contributed by atoms with Gasteiger partial charge in [-0.2, -0.15) is 4.68 Å². The van der Waals surface area contributed by atoms with Crippen molar-refractivity contribution in [3.05, 3.63) is 28.1 Å². The Bertz CT molecular complexity index is 746. The summed E-state index contributed by atoms with van der Waals surface area (Å²) in [6.45, 7) is 0.0629. The fourth-order valence-corrected chi connectivity index (χ4v) is 3.08. The lowest BCUT2D eigenvalue weighted by Crippen LogP contribution is -2.30. The van der Waals surface area contributed by atoms with E-state index in [-0.39, 0.29) is 24.6 Å². The molecule has 0 spiro atoms. The molecule has 1 aliphatic rings. The van der Waals surface area contributed by atoms with Crippen molar-refractivity contribution in [2.45, 2.75) is 44.8 Å². The Morgan fingerprint density at radius 2 is 2.30 bits per heavy atom. The molecule has 2 aromatic heterocycles. The van der Waals surface area contributed by atoms with Crippen LogP contribution in [0.25, 0.3) is 10.8 Å². The van der Waals surface area contributed by atoms with Gasteiger partial charge in [-0.1, -0.05) is 6.07 Å². The van der Waals surface area contributed by atoms with Crippen LogP contribution in [0.4, 0.5) is 0 Å². The van der Waals surface area contributed by atoms with Gasteiger partial charge in [-0.05, 0) is 30.7 Å². The summed E-state index contributed by atoms with van der Waals surface area (Å²) in [4.78, 5) is 35.9. The molecule has 1 atom stereocenters. The molecule has 0 saturated heterocycles. The predicted octanol–water partition coefficient (Wildman–Crippen LogP) is 2.01. The molecule has 0 radical (unpaired) electrons. The monoisotopic (exact) mass is 336 g/mol. The number of carbonyl (C=O) groups excluding carboxylic acids is 2. The molecule has 7 nitrogen and oxygen atoms in total. The lowest BCUT2D eigenvalue weighted by Gasteiger charge is -2.20. The molecule has 122 valence electrons. The Morgan fingerprint density at radius 3 is 3.04 bits per heavy atom. The third-order valence-corrected chi connectivity index (χ3v) is 4.50. The van der Waals surface area contributed by atoms with Gasteiger partial charge in [-0.15, -0.1) is 16.4 Å². The van der Waals surface area contributed by atoms with Gasteiger partial charge < -0.3 is 9.15 Å². The first-order chi connectivity index (χ1) is 11.1. The number of hydrogen-bond acceptors (Lipinski definition) is 7. The minimum Gasteiger partial charge on any atom is -0.454 e. The quantitative estimate of drug-likeness (QED) is 0.776. The van der Waals surface area contributed by atoms with Crippen molar-refractivity contribution in [1.29, 1.82) is 0 Å². The summed E-state index contributed by atoms with van der Waals surface area (Å²) in [7, 11) is 0. The molecule has 1 unspecified atom stereocenters. The number of hydrogen-bond donors (Lipinski definition) is 0. The zero-order chi connectivity index (χ0) is 16.2. The van der Waals surface area contributed by atoms with Gasteiger partial charge in [0.2, 0.25) is 0 Å². The van der Waals surface area contributed by atoms with Crippen molar-refractivity contribution in [2.24, 2.45) is 0 Å². The standard InChI is InChI=1S/C15H16N2O5S/c18-10-4-1-2-5-11(10)21-13(19)7-8-17-15(20)22-14(16-17)12-6-3-9-23-12/h3,6,9,11H,1-2,4-5,7-8H2. The zero-order valence-corrected chi connectivity index (χ0v) is 13.2. The minimum absolute atomic E-state index is 0.0248. The highest BCUT2D eigenvalue weighted by Crippen LogP contribution is 2.21. The molecule has 0 aromatic carbocycles. The number of rotatable bonds is 5. The molecule has 23 heavy (non-hydrogen) atoms. The van der Waals surface area contributed by atoms with Crippen LogP contribution in [0.3, 0.4) is 0 Å². The van der Waals surface area contributed by atoms with Gasteiger partial charge in [0.05, 0.1) is 17.8 Å². The maximum Gasteiger partial charge on any atom is 0.437 e. The first-order valence-electron chi connectivity index (χ1n) is 7.47. The second-order valence-electron chi connectivity index (χ2n) is 5.31. The van der Waals surface area contributed by atoms with Crippen molar-refractivity contribution in [3.8, 4) is 10.8 Å². The van der Waals surface area contributed by atoms with Gasteiger partial charge in [0.1, 0.15) is 0 Å². The van der Waals surface area contributed by atoms with E-state index in [0.29, 0.717) is 12.8 Å². The Labute approximate surface area is 135 Å². The van der Waals surface area contributed by atoms with Crippen LogP contribution in [0.15, 0.2) is 26.7 Å². The number of esters is 1. The first-order valence-corrected chi connectivity index (χ1v) is 8.35. The average Bonchev–Trinajstić information content (AvgIpc) is 3.17. The highest BCUT2D eigenvalue weighted by molar-refractivity contribution is 7.13. The van der Waals surface area contributed by atoms with Gasteiger partial charge >= 0.3 is 11.7 Å². The minimum atomic E-state index is -0.632. The number of aromatic nitrogens is 2. The van der Waals surface area contributed by atoms with Gasteiger partial charge in [0.25, 0.3) is 5.89 Å². The van der Waals surface area contributed by atoms with E-state index in [1.165, 1.54) is 11.3 Å². The molecule has 2 aromatic rings. The number of carbonyl (C=O) groups is 2. The van der Waals surface area contributed by atoms with E-state index < -0.39 is 17.8 Å². The molecule has 1 saturated carbocycles. The van der Waals surface area contributed by atoms with Gasteiger partial charge in [0.15, 0.2) is 11.9 Å². The highest BCUT2D eigenvalue weighted by atomic mass is 32.1. The summed E-state index contributed by atoms with van der Waals surface area (Å²) in [5, 5.41) is 5.91. The van der Waals surface area contributed by atoms with Crippen molar-refractivity contribution >= 4 is 23.1 Å². The molecule has 0 N–H and O–H groups in total. The second kappa shape index (κ2) is 6.91. The highest BCUT2D eigenvalue weighted by Gasteiger charge is 2.25. The maximum absolute atomic E-state index is 11.8. The van der Waals surface area contributed by atoms with Crippen LogP contribution in [0.5, 0.6) is 0 Å². The third-order valence-electron chi connectivity index (χ3n) is 3.64. The summed E-state index contributed by atoms with van der Waals surface area (Å²) in [6, 6.07) is 3.63. The number of aryl methyl sites for hydroxylation is 1. The molecule has 0 aliphatic heterocycles. The fourth-order valence-electron chi connectivity index (χ4n) is 2.44. The van der Waals surface area contributed by atoms with E-state index in [4.69, 9.17) is 9.15 Å². The van der Waals surface area contributed by atoms with Crippen LogP contribution in [-0.4, -0.2) is 27.6 Å². The first kappa shape index (κ1) is 15.7. The van der Waals surface area contributed by atoms with Gasteiger partial charge in [-0.3, -0.25) is 9.59 Å². The van der Waals surface area contributed by atoms with Crippen LogP contribution >= 0.6 is 11.3 Å². The van der Waals surface area contributed by atoms with E-state index in [1.807, 2.05) is 11.4 Å². The second-order valence-corrected chi connectivity index (χ2v) is 6.26. The maximum atomic E-state index is 11.8. The Morgan fingerprint density at radius 1 is 1.43 bits per heavy atom. The van der Waals surface area contributed by atoms with E-state index in [2.05, 4.69) is 5.10 Å². The van der Waals surface area contributed by atoms with Crippen LogP contribution in [0, 0.1) is 0 Å². The summed E-state index contributed by atoms with van der Waals surface area (Å²) < 4.78 is 11.3. The number of ketones is 1. The van der Waals surface area contributed by atoms with Crippen LogP contribution in [0.2, 0.25) is 0 Å². The van der Waals surface area contributed by atoms with Crippen LogP contribution in [-0.2, 0) is 20.9 Å². The zero-order valence-electron chi connectivity index (χ0n) is 12.4. The van der Waals surface area contributed by atoms with E-state index in [9.17, 15) is 14.4 Å². The molecule has 1 fully saturated rings. The van der Waals surface area contributed by atoms with Crippen molar-refractivity contribution in [3.63, 3.8) is 0 Å². The summed E-state index contributed by atoms with van der Waals surface area (Å²) in [5.41, 5.74) is 0. The predicted molar refractivity (Wildman–Crippen MR) is 82.0 cm³/mol. The van der Waals surface area contributed by atoms with E-state index in [0.717, 1.165) is 22.4 Å². The summed E-state index contributed by atoms with van der Waals surface area (Å²) in [6.07, 6.45) is 2.12. The Balaban J connectivity index is 1.57. The molecule has 3 rings (SSSR count). The lowest BCUT2D eigenvalue weighted by molar-refractivity contribution is -0.157. The molecule has 8 heteroatoms. The van der Waals surface area contributed by atoms with E-state index >= 15 is 0 Å². The normalized spacial score (nSPS) is 18.1. The number of Topliss-reactive ketones (excluding diaryl/α,β-unsaturated/α-hetero) is 1. The molecular weight excluding hydrogens is 320 g/mol. The van der Waals surface area contributed by atoms with Crippen LogP contribution < -0.4 is 5.76 Å². The number of thiophene rings is 1. The average molecular weight is 336 g/mol. The van der Waals surface area contributed by atoms with Crippen molar-refractivity contribution < 1.29 is 18.7 Å².